The van der Waals surface area contributed by atoms with E-state index in [-0.39, 0.29) is 11.8 Å². The van der Waals surface area contributed by atoms with Gasteiger partial charge in [0.15, 0.2) is 0 Å². The zero-order valence-corrected chi connectivity index (χ0v) is 17.9. The summed E-state index contributed by atoms with van der Waals surface area (Å²) in [6.07, 6.45) is 0.695. The number of aromatic nitrogens is 2. The third-order valence-electron chi connectivity index (χ3n) is 4.73. The Morgan fingerprint density at radius 2 is 1.77 bits per heavy atom. The van der Waals surface area contributed by atoms with Crippen molar-refractivity contribution in [1.29, 1.82) is 5.26 Å². The molecule has 3 aromatic rings. The summed E-state index contributed by atoms with van der Waals surface area (Å²) in [6.45, 7) is 3.84. The molecule has 0 bridgehead atoms. The zero-order chi connectivity index (χ0) is 22.2. The van der Waals surface area contributed by atoms with E-state index in [1.807, 2.05) is 50.2 Å². The normalized spacial score (nSPS) is 12.3. The Balaban J connectivity index is 1.65. The number of nitrogens with zero attached hydrogens (tertiary/aromatic N) is 3. The Morgan fingerprint density at radius 1 is 1.06 bits per heavy atom. The van der Waals surface area contributed by atoms with E-state index in [0.29, 0.717) is 27.8 Å². The van der Waals surface area contributed by atoms with Crippen LogP contribution in [-0.4, -0.2) is 28.2 Å². The van der Waals surface area contributed by atoms with E-state index in [4.69, 9.17) is 5.26 Å². The largest absolute Gasteiger partial charge is 0.326 e. The maximum atomic E-state index is 12.9. The lowest BCUT2D eigenvalue weighted by Gasteiger charge is -2.23. The topological polar surface area (TPSA) is 120 Å². The number of anilines is 2. The Bertz CT molecular complexity index is 1080. The van der Waals surface area contributed by atoms with Crippen molar-refractivity contribution < 1.29 is 9.59 Å². The van der Waals surface area contributed by atoms with E-state index >= 15 is 0 Å². The van der Waals surface area contributed by atoms with Crippen molar-refractivity contribution in [3.8, 4) is 16.6 Å². The van der Waals surface area contributed by atoms with Gasteiger partial charge < -0.3 is 10.6 Å². The lowest BCUT2D eigenvalue weighted by Crippen LogP contribution is -2.49. The van der Waals surface area contributed by atoms with Crippen LogP contribution in [-0.2, 0) is 4.79 Å². The van der Waals surface area contributed by atoms with Crippen molar-refractivity contribution in [2.75, 3.05) is 10.6 Å². The van der Waals surface area contributed by atoms with Gasteiger partial charge in [0.25, 0.3) is 0 Å². The highest BCUT2D eigenvalue weighted by molar-refractivity contribution is 7.18. The number of hydrogen-bond donors (Lipinski definition) is 3. The van der Waals surface area contributed by atoms with E-state index in [1.54, 1.807) is 24.3 Å². The molecule has 2 atom stereocenters. The molecule has 1 aromatic heterocycles. The van der Waals surface area contributed by atoms with Gasteiger partial charge in [-0.05, 0) is 30.2 Å². The highest BCUT2D eigenvalue weighted by atomic mass is 32.1. The van der Waals surface area contributed by atoms with Crippen LogP contribution in [0, 0.1) is 17.2 Å². The first-order valence-corrected chi connectivity index (χ1v) is 10.6. The molecule has 0 radical (unpaired) electrons. The molecule has 3 amide bonds. The standard InChI is InChI=1S/C22H22N6O2S/c1-3-14(2)18(25-21(30)24-17-11-9-15(13-23)10-12-17)19(29)26-22-28-27-20(31-22)16-7-5-4-6-8-16/h4-12,14,18H,3H2,1-2H3,(H2,24,25,30)(H,26,28,29)/t14-,18+/m0/s1. The average Bonchev–Trinajstić information content (AvgIpc) is 3.26. The number of amides is 3. The van der Waals surface area contributed by atoms with Gasteiger partial charge in [-0.2, -0.15) is 5.26 Å². The van der Waals surface area contributed by atoms with Crippen molar-refractivity contribution >= 4 is 34.1 Å². The number of benzene rings is 2. The molecule has 158 valence electrons. The maximum absolute atomic E-state index is 12.9. The van der Waals surface area contributed by atoms with E-state index < -0.39 is 12.1 Å². The van der Waals surface area contributed by atoms with Crippen LogP contribution in [0.2, 0.25) is 0 Å². The minimum absolute atomic E-state index is 0.103. The summed E-state index contributed by atoms with van der Waals surface area (Å²) >= 11 is 1.27. The fraction of sp³-hybridized carbons (Fsp3) is 0.227. The van der Waals surface area contributed by atoms with E-state index in [2.05, 4.69) is 26.1 Å². The zero-order valence-electron chi connectivity index (χ0n) is 17.1. The van der Waals surface area contributed by atoms with Crippen molar-refractivity contribution in [2.45, 2.75) is 26.3 Å². The van der Waals surface area contributed by atoms with Gasteiger partial charge in [0.05, 0.1) is 11.6 Å². The number of hydrogen-bond acceptors (Lipinski definition) is 6. The summed E-state index contributed by atoms with van der Waals surface area (Å²) in [5, 5.41) is 26.3. The molecule has 0 unspecified atom stereocenters. The van der Waals surface area contributed by atoms with E-state index in [0.717, 1.165) is 5.56 Å². The van der Waals surface area contributed by atoms with Gasteiger partial charge in [-0.3, -0.25) is 10.1 Å². The summed E-state index contributed by atoms with van der Waals surface area (Å²) < 4.78 is 0. The van der Waals surface area contributed by atoms with Crippen LogP contribution in [0.1, 0.15) is 25.8 Å². The Labute approximate surface area is 184 Å². The monoisotopic (exact) mass is 434 g/mol. The van der Waals surface area contributed by atoms with Crippen LogP contribution in [0.3, 0.4) is 0 Å². The lowest BCUT2D eigenvalue weighted by molar-refractivity contribution is -0.119. The lowest BCUT2D eigenvalue weighted by atomic mass is 9.98. The predicted octanol–water partition coefficient (Wildman–Crippen LogP) is 4.25. The Morgan fingerprint density at radius 3 is 2.42 bits per heavy atom. The number of carbonyl (C=O) groups excluding carboxylic acids is 2. The SMILES string of the molecule is CC[C@H](C)[C@@H](NC(=O)Nc1ccc(C#N)cc1)C(=O)Nc1nnc(-c2ccccc2)s1. The third-order valence-corrected chi connectivity index (χ3v) is 5.62. The molecule has 0 spiro atoms. The molecule has 1 heterocycles. The van der Waals surface area contributed by atoms with Gasteiger partial charge in [0.1, 0.15) is 11.0 Å². The summed E-state index contributed by atoms with van der Waals surface area (Å²) in [6, 6.07) is 16.8. The molecule has 3 rings (SSSR count). The molecular formula is C22H22N6O2S. The highest BCUT2D eigenvalue weighted by Crippen LogP contribution is 2.26. The third kappa shape index (κ3) is 5.87. The second-order valence-corrected chi connectivity index (χ2v) is 7.90. The average molecular weight is 435 g/mol. The summed E-state index contributed by atoms with van der Waals surface area (Å²) in [5.41, 5.74) is 1.94. The number of nitriles is 1. The number of urea groups is 1. The molecule has 0 fully saturated rings. The molecule has 2 aromatic carbocycles. The highest BCUT2D eigenvalue weighted by Gasteiger charge is 2.27. The quantitative estimate of drug-likeness (QED) is 0.513. The van der Waals surface area contributed by atoms with Crippen LogP contribution in [0.15, 0.2) is 54.6 Å². The second kappa shape index (κ2) is 10.3. The first-order chi connectivity index (χ1) is 15.0. The summed E-state index contributed by atoms with van der Waals surface area (Å²) in [4.78, 5) is 25.3. The second-order valence-electron chi connectivity index (χ2n) is 6.92. The molecule has 8 nitrogen and oxygen atoms in total. The van der Waals surface area contributed by atoms with Crippen molar-refractivity contribution in [2.24, 2.45) is 5.92 Å². The summed E-state index contributed by atoms with van der Waals surface area (Å²) in [5.74, 6) is -0.465. The fourth-order valence-corrected chi connectivity index (χ4v) is 3.54. The van der Waals surface area contributed by atoms with Crippen LogP contribution >= 0.6 is 11.3 Å². The molecule has 0 saturated heterocycles. The Hall–Kier alpha value is -3.77. The molecular weight excluding hydrogens is 412 g/mol. The number of carbonyl (C=O) groups is 2. The predicted molar refractivity (Wildman–Crippen MR) is 121 cm³/mol. The molecule has 9 heteroatoms. The van der Waals surface area contributed by atoms with Crippen LogP contribution in [0.4, 0.5) is 15.6 Å². The number of rotatable bonds is 7. The molecule has 0 aliphatic carbocycles. The van der Waals surface area contributed by atoms with Crippen LogP contribution in [0.25, 0.3) is 10.6 Å². The van der Waals surface area contributed by atoms with Gasteiger partial charge in [0.2, 0.25) is 11.0 Å². The fourth-order valence-electron chi connectivity index (χ4n) is 2.79. The minimum atomic E-state index is -0.757. The van der Waals surface area contributed by atoms with Crippen molar-refractivity contribution in [1.82, 2.24) is 15.5 Å². The molecule has 3 N–H and O–H groups in total. The molecule has 0 aliphatic heterocycles. The van der Waals surface area contributed by atoms with Crippen molar-refractivity contribution in [3.63, 3.8) is 0 Å². The van der Waals surface area contributed by atoms with E-state index in [9.17, 15) is 9.59 Å². The Kier molecular flexibility index (Phi) is 7.30. The summed E-state index contributed by atoms with van der Waals surface area (Å²) in [7, 11) is 0. The molecule has 0 saturated carbocycles. The maximum Gasteiger partial charge on any atom is 0.319 e. The van der Waals surface area contributed by atoms with Gasteiger partial charge in [-0.15, -0.1) is 10.2 Å². The van der Waals surface area contributed by atoms with E-state index in [1.165, 1.54) is 11.3 Å². The van der Waals surface area contributed by atoms with Gasteiger partial charge in [0, 0.05) is 11.3 Å². The first-order valence-electron chi connectivity index (χ1n) is 9.77. The van der Waals surface area contributed by atoms with Gasteiger partial charge in [-0.1, -0.05) is 61.9 Å². The van der Waals surface area contributed by atoms with Gasteiger partial charge in [-0.25, -0.2) is 4.79 Å². The van der Waals surface area contributed by atoms with Crippen molar-refractivity contribution in [3.05, 3.63) is 60.2 Å². The smallest absolute Gasteiger partial charge is 0.319 e. The van der Waals surface area contributed by atoms with Crippen LogP contribution < -0.4 is 16.0 Å². The number of nitrogens with one attached hydrogen (secondary N) is 3. The minimum Gasteiger partial charge on any atom is -0.326 e. The molecule has 0 aliphatic rings. The molecule has 31 heavy (non-hydrogen) atoms. The first kappa shape index (κ1) is 21.9. The van der Waals surface area contributed by atoms with Crippen LogP contribution in [0.5, 0.6) is 0 Å². The van der Waals surface area contributed by atoms with Gasteiger partial charge >= 0.3 is 6.03 Å².